The van der Waals surface area contributed by atoms with E-state index in [0.29, 0.717) is 12.2 Å². The molecule has 0 unspecified atom stereocenters. The number of carbonyl (C=O) groups is 1. The quantitative estimate of drug-likeness (QED) is 0.815. The van der Waals surface area contributed by atoms with Crippen molar-refractivity contribution in [1.29, 1.82) is 0 Å². The van der Waals surface area contributed by atoms with Crippen LogP contribution in [0, 0.1) is 5.41 Å². The second-order valence-corrected chi connectivity index (χ2v) is 6.03. The summed E-state index contributed by atoms with van der Waals surface area (Å²) in [6, 6.07) is 6.29. The molecule has 0 amide bonds. The molecule has 0 bridgehead atoms. The van der Waals surface area contributed by atoms with Gasteiger partial charge in [0.1, 0.15) is 11.5 Å². The Morgan fingerprint density at radius 2 is 2.11 bits per heavy atom. The maximum atomic E-state index is 12.0. The number of hydrogen-bond acceptors (Lipinski definition) is 2. The van der Waals surface area contributed by atoms with Gasteiger partial charge in [0, 0.05) is 11.8 Å². The van der Waals surface area contributed by atoms with Crippen LogP contribution in [-0.2, 0) is 17.6 Å². The molecule has 0 radical (unpaired) electrons. The van der Waals surface area contributed by atoms with Crippen molar-refractivity contribution in [2.45, 2.75) is 46.5 Å². The van der Waals surface area contributed by atoms with E-state index in [0.717, 1.165) is 31.6 Å². The number of aryl methyl sites for hydroxylation is 2. The fraction of sp³-hybridized carbons (Fsp3) is 0.562. The Kier molecular flexibility index (Phi) is 3.74. The molecule has 0 atom stereocenters. The van der Waals surface area contributed by atoms with Crippen molar-refractivity contribution < 1.29 is 9.53 Å². The van der Waals surface area contributed by atoms with Crippen molar-refractivity contribution in [3.8, 4) is 5.75 Å². The Morgan fingerprint density at radius 1 is 1.33 bits per heavy atom. The standard InChI is InChI=1S/C16H22O2/c1-16(2,3)14(17)10-9-13-7-4-6-12-8-5-11-18-15(12)13/h4,6-7H,5,8-11H2,1-3H3. The lowest BCUT2D eigenvalue weighted by molar-refractivity contribution is -0.126. The average molecular weight is 246 g/mol. The number of carbonyl (C=O) groups excluding carboxylic acids is 1. The lowest BCUT2D eigenvalue weighted by atomic mass is 9.87. The van der Waals surface area contributed by atoms with Gasteiger partial charge in [0.05, 0.1) is 6.61 Å². The molecule has 1 aliphatic rings. The third kappa shape index (κ3) is 2.92. The summed E-state index contributed by atoms with van der Waals surface area (Å²) in [5.74, 6) is 1.35. The summed E-state index contributed by atoms with van der Waals surface area (Å²) in [6.07, 6.45) is 3.58. The molecule has 0 aliphatic carbocycles. The summed E-state index contributed by atoms with van der Waals surface area (Å²) in [6.45, 7) is 6.74. The normalized spacial score (nSPS) is 14.8. The molecule has 1 aromatic rings. The molecule has 2 nitrogen and oxygen atoms in total. The Balaban J connectivity index is 2.08. The molecule has 1 aliphatic heterocycles. The molecular formula is C16H22O2. The topological polar surface area (TPSA) is 26.3 Å². The Labute approximate surface area is 109 Å². The number of benzene rings is 1. The second-order valence-electron chi connectivity index (χ2n) is 6.03. The van der Waals surface area contributed by atoms with Gasteiger partial charge in [0.2, 0.25) is 0 Å². The van der Waals surface area contributed by atoms with Crippen LogP contribution in [0.4, 0.5) is 0 Å². The zero-order valence-corrected chi connectivity index (χ0v) is 11.6. The second kappa shape index (κ2) is 5.13. The van der Waals surface area contributed by atoms with Crippen molar-refractivity contribution >= 4 is 5.78 Å². The van der Waals surface area contributed by atoms with Crippen LogP contribution >= 0.6 is 0 Å². The van der Waals surface area contributed by atoms with E-state index in [1.807, 2.05) is 20.8 Å². The number of Topliss-reactive ketones (excluding diaryl/α,β-unsaturated/α-hetero) is 1. The number of hydrogen-bond donors (Lipinski definition) is 0. The zero-order chi connectivity index (χ0) is 13.2. The number of fused-ring (bicyclic) bond motifs is 1. The predicted octanol–water partition coefficient (Wildman–Crippen LogP) is 3.56. The van der Waals surface area contributed by atoms with Gasteiger partial charge in [0.25, 0.3) is 0 Å². The van der Waals surface area contributed by atoms with Crippen molar-refractivity contribution in [1.82, 2.24) is 0 Å². The van der Waals surface area contributed by atoms with Crippen LogP contribution in [0.1, 0.15) is 44.7 Å². The summed E-state index contributed by atoms with van der Waals surface area (Å²) in [4.78, 5) is 12.0. The van der Waals surface area contributed by atoms with Gasteiger partial charge >= 0.3 is 0 Å². The fourth-order valence-corrected chi connectivity index (χ4v) is 2.28. The molecule has 18 heavy (non-hydrogen) atoms. The van der Waals surface area contributed by atoms with E-state index >= 15 is 0 Å². The first-order valence-corrected chi connectivity index (χ1v) is 6.75. The Hall–Kier alpha value is -1.31. The van der Waals surface area contributed by atoms with Gasteiger partial charge in [-0.3, -0.25) is 4.79 Å². The van der Waals surface area contributed by atoms with Gasteiger partial charge in [-0.15, -0.1) is 0 Å². The van der Waals surface area contributed by atoms with Crippen LogP contribution in [0.15, 0.2) is 18.2 Å². The third-order valence-electron chi connectivity index (χ3n) is 3.47. The van der Waals surface area contributed by atoms with Gasteiger partial charge in [-0.1, -0.05) is 39.0 Å². The minimum atomic E-state index is -0.240. The molecule has 0 spiro atoms. The number of rotatable bonds is 3. The first-order valence-electron chi connectivity index (χ1n) is 6.75. The molecule has 0 aromatic heterocycles. The van der Waals surface area contributed by atoms with Crippen LogP contribution in [0.5, 0.6) is 5.75 Å². The molecule has 0 fully saturated rings. The van der Waals surface area contributed by atoms with Gasteiger partial charge in [-0.2, -0.15) is 0 Å². The van der Waals surface area contributed by atoms with E-state index in [1.165, 1.54) is 11.1 Å². The predicted molar refractivity (Wildman–Crippen MR) is 73.0 cm³/mol. The van der Waals surface area contributed by atoms with Crippen molar-refractivity contribution in [3.05, 3.63) is 29.3 Å². The maximum absolute atomic E-state index is 12.0. The third-order valence-corrected chi connectivity index (χ3v) is 3.47. The molecule has 2 rings (SSSR count). The number of ether oxygens (including phenoxy) is 1. The van der Waals surface area contributed by atoms with Crippen LogP contribution in [0.25, 0.3) is 0 Å². The summed E-state index contributed by atoms with van der Waals surface area (Å²) in [7, 11) is 0. The van der Waals surface area contributed by atoms with Crippen molar-refractivity contribution in [3.63, 3.8) is 0 Å². The van der Waals surface area contributed by atoms with Gasteiger partial charge in [0.15, 0.2) is 0 Å². The first kappa shape index (κ1) is 13.1. The van der Waals surface area contributed by atoms with Crippen LogP contribution in [0.2, 0.25) is 0 Å². The van der Waals surface area contributed by atoms with Crippen LogP contribution in [0.3, 0.4) is 0 Å². The van der Waals surface area contributed by atoms with E-state index < -0.39 is 0 Å². The largest absolute Gasteiger partial charge is 0.493 e. The minimum Gasteiger partial charge on any atom is -0.493 e. The molecule has 0 saturated heterocycles. The SMILES string of the molecule is CC(C)(C)C(=O)CCc1cccc2c1OCCC2. The number of ketones is 1. The summed E-state index contributed by atoms with van der Waals surface area (Å²) >= 11 is 0. The van der Waals surface area contributed by atoms with Gasteiger partial charge < -0.3 is 4.74 Å². The van der Waals surface area contributed by atoms with Crippen molar-refractivity contribution in [2.24, 2.45) is 5.41 Å². The summed E-state index contributed by atoms with van der Waals surface area (Å²) in [5.41, 5.74) is 2.24. The van der Waals surface area contributed by atoms with E-state index in [2.05, 4.69) is 18.2 Å². The lowest BCUT2D eigenvalue weighted by Gasteiger charge is -2.21. The van der Waals surface area contributed by atoms with Crippen molar-refractivity contribution in [2.75, 3.05) is 6.61 Å². The van der Waals surface area contributed by atoms with Crippen LogP contribution < -0.4 is 4.74 Å². The van der Waals surface area contributed by atoms with Gasteiger partial charge in [-0.25, -0.2) is 0 Å². The maximum Gasteiger partial charge on any atom is 0.138 e. The van der Waals surface area contributed by atoms with Gasteiger partial charge in [-0.05, 0) is 30.4 Å². The highest BCUT2D eigenvalue weighted by Gasteiger charge is 2.22. The lowest BCUT2D eigenvalue weighted by Crippen LogP contribution is -2.20. The monoisotopic (exact) mass is 246 g/mol. The van der Waals surface area contributed by atoms with E-state index in [9.17, 15) is 4.79 Å². The zero-order valence-electron chi connectivity index (χ0n) is 11.6. The molecule has 0 N–H and O–H groups in total. The minimum absolute atomic E-state index is 0.240. The summed E-state index contributed by atoms with van der Waals surface area (Å²) < 4.78 is 5.76. The van der Waals surface area contributed by atoms with E-state index in [1.54, 1.807) is 0 Å². The fourth-order valence-electron chi connectivity index (χ4n) is 2.28. The van der Waals surface area contributed by atoms with E-state index in [-0.39, 0.29) is 5.41 Å². The Bertz CT molecular complexity index is 441. The number of para-hydroxylation sites is 1. The highest BCUT2D eigenvalue weighted by molar-refractivity contribution is 5.83. The molecule has 98 valence electrons. The molecule has 1 heterocycles. The summed E-state index contributed by atoms with van der Waals surface area (Å²) in [5, 5.41) is 0. The smallest absolute Gasteiger partial charge is 0.138 e. The molecule has 2 heteroatoms. The van der Waals surface area contributed by atoms with Crippen LogP contribution in [-0.4, -0.2) is 12.4 Å². The average Bonchev–Trinajstić information content (AvgIpc) is 2.34. The van der Waals surface area contributed by atoms with E-state index in [4.69, 9.17) is 4.74 Å². The first-order chi connectivity index (χ1) is 8.48. The highest BCUT2D eigenvalue weighted by atomic mass is 16.5. The molecular weight excluding hydrogens is 224 g/mol. The molecule has 0 saturated carbocycles. The Morgan fingerprint density at radius 3 is 2.83 bits per heavy atom. The highest BCUT2D eigenvalue weighted by Crippen LogP contribution is 2.30. The molecule has 1 aromatic carbocycles.